The smallest absolute Gasteiger partial charge is 0.410 e. The van der Waals surface area contributed by atoms with E-state index in [2.05, 4.69) is 14.7 Å². The van der Waals surface area contributed by atoms with Gasteiger partial charge in [-0.05, 0) is 33.8 Å². The fourth-order valence-corrected chi connectivity index (χ4v) is 4.44. The molecule has 2 amide bonds. The van der Waals surface area contributed by atoms with Gasteiger partial charge in [-0.1, -0.05) is 0 Å². The molecule has 2 unspecified atom stereocenters. The zero-order chi connectivity index (χ0) is 19.8. The number of rotatable bonds is 3. The highest BCUT2D eigenvalue weighted by atomic mass is 32.1. The van der Waals surface area contributed by atoms with Gasteiger partial charge in [-0.15, -0.1) is 11.3 Å². The third-order valence-electron chi connectivity index (χ3n) is 3.97. The molecule has 27 heavy (non-hydrogen) atoms. The van der Waals surface area contributed by atoms with Crippen molar-refractivity contribution in [3.8, 4) is 0 Å². The standard InChI is InChI=1S/C17H21FN4O3S2/c1-9-11(14(23)21-15-19-8-20-27-15)6-13(26-9)12-5-10(18)7-22(12)16(24)25-17(2,3)4/h6,8,10,12H,5,7H2,1-4H3,(H,19,20,21,23). The quantitative estimate of drug-likeness (QED) is 0.817. The molecule has 1 aliphatic heterocycles. The van der Waals surface area contributed by atoms with Crippen molar-refractivity contribution in [2.24, 2.45) is 0 Å². The highest BCUT2D eigenvalue weighted by molar-refractivity contribution is 7.12. The number of nitrogens with zero attached hydrogens (tertiary/aromatic N) is 3. The number of hydrogen-bond donors (Lipinski definition) is 1. The molecule has 0 aromatic carbocycles. The van der Waals surface area contributed by atoms with Gasteiger partial charge < -0.3 is 4.74 Å². The van der Waals surface area contributed by atoms with Crippen LogP contribution in [0.4, 0.5) is 14.3 Å². The number of amides is 2. The van der Waals surface area contributed by atoms with E-state index in [0.29, 0.717) is 10.7 Å². The molecule has 1 N–H and O–H groups in total. The number of aromatic nitrogens is 2. The number of anilines is 1. The summed E-state index contributed by atoms with van der Waals surface area (Å²) >= 11 is 2.47. The zero-order valence-corrected chi connectivity index (χ0v) is 17.1. The molecule has 7 nitrogen and oxygen atoms in total. The van der Waals surface area contributed by atoms with Crippen LogP contribution in [0.15, 0.2) is 12.4 Å². The van der Waals surface area contributed by atoms with Crippen molar-refractivity contribution >= 4 is 40.0 Å². The number of carbonyl (C=O) groups excluding carboxylic acids is 2. The molecule has 0 spiro atoms. The van der Waals surface area contributed by atoms with E-state index in [1.165, 1.54) is 22.6 Å². The van der Waals surface area contributed by atoms with E-state index in [4.69, 9.17) is 4.74 Å². The summed E-state index contributed by atoms with van der Waals surface area (Å²) in [5.41, 5.74) is -0.176. The largest absolute Gasteiger partial charge is 0.444 e. The first-order valence-corrected chi connectivity index (χ1v) is 10.0. The predicted molar refractivity (Wildman–Crippen MR) is 102 cm³/mol. The summed E-state index contributed by atoms with van der Waals surface area (Å²) in [6.45, 7) is 7.13. The van der Waals surface area contributed by atoms with Crippen molar-refractivity contribution in [2.45, 2.75) is 51.9 Å². The van der Waals surface area contributed by atoms with Crippen molar-refractivity contribution in [3.05, 3.63) is 27.7 Å². The molecule has 1 aliphatic rings. The van der Waals surface area contributed by atoms with E-state index in [0.717, 1.165) is 21.3 Å². The van der Waals surface area contributed by atoms with Gasteiger partial charge in [0.25, 0.3) is 5.91 Å². The molecule has 0 bridgehead atoms. The Labute approximate surface area is 164 Å². The Morgan fingerprint density at radius 1 is 1.41 bits per heavy atom. The van der Waals surface area contributed by atoms with Crippen LogP contribution in [0.2, 0.25) is 0 Å². The molecule has 1 saturated heterocycles. The van der Waals surface area contributed by atoms with E-state index in [1.54, 1.807) is 26.8 Å². The number of thiophene rings is 1. The SMILES string of the molecule is Cc1sc(C2CC(F)CN2C(=O)OC(C)(C)C)cc1C(=O)Nc1ncns1. The fourth-order valence-electron chi connectivity index (χ4n) is 2.86. The number of carbonyl (C=O) groups is 2. The molecular weight excluding hydrogens is 391 g/mol. The van der Waals surface area contributed by atoms with E-state index >= 15 is 0 Å². The normalized spacial score (nSPS) is 20.0. The minimum Gasteiger partial charge on any atom is -0.444 e. The zero-order valence-electron chi connectivity index (χ0n) is 15.5. The maximum atomic E-state index is 14.1. The minimum absolute atomic E-state index is 0.0111. The Morgan fingerprint density at radius 3 is 2.78 bits per heavy atom. The minimum atomic E-state index is -1.12. The van der Waals surface area contributed by atoms with E-state index in [9.17, 15) is 14.0 Å². The summed E-state index contributed by atoms with van der Waals surface area (Å²) in [6.07, 6.45) is -0.108. The van der Waals surface area contributed by atoms with Crippen LogP contribution in [-0.4, -0.2) is 44.6 Å². The second-order valence-electron chi connectivity index (χ2n) is 7.30. The molecule has 0 aliphatic carbocycles. The lowest BCUT2D eigenvalue weighted by Gasteiger charge is -2.27. The number of ether oxygens (including phenoxy) is 1. The first kappa shape index (κ1) is 19.7. The highest BCUT2D eigenvalue weighted by Gasteiger charge is 2.39. The third-order valence-corrected chi connectivity index (χ3v) is 5.70. The van der Waals surface area contributed by atoms with Crippen LogP contribution in [0, 0.1) is 6.92 Å². The number of halogens is 1. The lowest BCUT2D eigenvalue weighted by Crippen LogP contribution is -2.36. The van der Waals surface area contributed by atoms with Crippen LogP contribution in [0.3, 0.4) is 0 Å². The summed E-state index contributed by atoms with van der Waals surface area (Å²) in [5, 5.41) is 3.10. The Kier molecular flexibility index (Phi) is 5.48. The van der Waals surface area contributed by atoms with Crippen molar-refractivity contribution in [3.63, 3.8) is 0 Å². The van der Waals surface area contributed by atoms with Gasteiger partial charge in [0.15, 0.2) is 0 Å². The first-order valence-electron chi connectivity index (χ1n) is 8.46. The van der Waals surface area contributed by atoms with Crippen LogP contribution < -0.4 is 5.32 Å². The van der Waals surface area contributed by atoms with E-state index < -0.39 is 23.9 Å². The van der Waals surface area contributed by atoms with Gasteiger partial charge in [0, 0.05) is 27.7 Å². The van der Waals surface area contributed by atoms with Crippen molar-refractivity contribution < 1.29 is 18.7 Å². The molecule has 10 heteroatoms. The van der Waals surface area contributed by atoms with Crippen LogP contribution in [0.25, 0.3) is 0 Å². The van der Waals surface area contributed by atoms with Gasteiger partial charge in [0.05, 0.1) is 18.2 Å². The Hall–Kier alpha value is -2.07. The van der Waals surface area contributed by atoms with Gasteiger partial charge >= 0.3 is 6.09 Å². The Bertz CT molecular complexity index is 832. The average molecular weight is 413 g/mol. The van der Waals surface area contributed by atoms with Gasteiger partial charge in [-0.2, -0.15) is 4.37 Å². The van der Waals surface area contributed by atoms with E-state index in [-0.39, 0.29) is 18.9 Å². The predicted octanol–water partition coefficient (Wildman–Crippen LogP) is 4.18. The molecule has 0 saturated carbocycles. The van der Waals surface area contributed by atoms with Crippen molar-refractivity contribution in [2.75, 3.05) is 11.9 Å². The molecule has 3 heterocycles. The van der Waals surface area contributed by atoms with Crippen molar-refractivity contribution in [1.82, 2.24) is 14.3 Å². The van der Waals surface area contributed by atoms with Crippen molar-refractivity contribution in [1.29, 1.82) is 0 Å². The number of alkyl halides is 1. The number of likely N-dealkylation sites (tertiary alicyclic amines) is 1. The maximum absolute atomic E-state index is 14.1. The maximum Gasteiger partial charge on any atom is 0.410 e. The lowest BCUT2D eigenvalue weighted by molar-refractivity contribution is 0.0219. The average Bonchev–Trinajstić information content (AvgIpc) is 3.25. The molecule has 0 radical (unpaired) electrons. The van der Waals surface area contributed by atoms with Gasteiger partial charge in [0.2, 0.25) is 5.13 Å². The summed E-state index contributed by atoms with van der Waals surface area (Å²) < 4.78 is 23.3. The highest BCUT2D eigenvalue weighted by Crippen LogP contribution is 2.39. The Balaban J connectivity index is 1.80. The number of aryl methyl sites for hydroxylation is 1. The number of hydrogen-bond acceptors (Lipinski definition) is 7. The Morgan fingerprint density at radius 2 is 2.15 bits per heavy atom. The van der Waals surface area contributed by atoms with Crippen LogP contribution in [-0.2, 0) is 4.74 Å². The molecule has 2 atom stereocenters. The molecule has 2 aromatic heterocycles. The second kappa shape index (κ2) is 7.51. The van der Waals surface area contributed by atoms with E-state index in [1.807, 2.05) is 6.92 Å². The third kappa shape index (κ3) is 4.62. The molecular formula is C17H21FN4O3S2. The second-order valence-corrected chi connectivity index (χ2v) is 9.37. The summed E-state index contributed by atoms with van der Waals surface area (Å²) in [6, 6.07) is 1.28. The summed E-state index contributed by atoms with van der Waals surface area (Å²) in [4.78, 5) is 31.9. The molecule has 2 aromatic rings. The first-order chi connectivity index (χ1) is 12.6. The molecule has 3 rings (SSSR count). The lowest BCUT2D eigenvalue weighted by atomic mass is 10.1. The van der Waals surface area contributed by atoms with Gasteiger partial charge in [-0.3, -0.25) is 15.0 Å². The fraction of sp³-hybridized carbons (Fsp3) is 0.529. The van der Waals surface area contributed by atoms with Crippen LogP contribution in [0.5, 0.6) is 0 Å². The monoisotopic (exact) mass is 412 g/mol. The van der Waals surface area contributed by atoms with Crippen LogP contribution >= 0.6 is 22.9 Å². The molecule has 146 valence electrons. The molecule has 1 fully saturated rings. The summed E-state index contributed by atoms with van der Waals surface area (Å²) in [7, 11) is 0. The summed E-state index contributed by atoms with van der Waals surface area (Å²) in [5.74, 6) is -0.301. The van der Waals surface area contributed by atoms with Gasteiger partial charge in [0.1, 0.15) is 18.1 Å². The van der Waals surface area contributed by atoms with Gasteiger partial charge in [-0.25, -0.2) is 14.2 Å². The number of nitrogens with one attached hydrogen (secondary N) is 1. The van der Waals surface area contributed by atoms with Crippen LogP contribution in [0.1, 0.15) is 53.3 Å². The topological polar surface area (TPSA) is 84.4 Å².